The van der Waals surface area contributed by atoms with Crippen molar-refractivity contribution in [3.63, 3.8) is 0 Å². The molecule has 0 aliphatic heterocycles. The quantitative estimate of drug-likeness (QED) is 0.546. The maximum absolute atomic E-state index is 11.0. The van der Waals surface area contributed by atoms with Crippen LogP contribution in [0.2, 0.25) is 0 Å². The summed E-state index contributed by atoms with van der Waals surface area (Å²) in [6.07, 6.45) is 0. The summed E-state index contributed by atoms with van der Waals surface area (Å²) in [7, 11) is 1.74. The molecule has 0 saturated carbocycles. The Balaban J connectivity index is 1.96. The number of nitrogens with zero attached hydrogens (tertiary/aromatic N) is 1. The summed E-state index contributed by atoms with van der Waals surface area (Å²) in [5, 5.41) is 20.3. The molecule has 0 aliphatic rings. The van der Waals surface area contributed by atoms with Crippen molar-refractivity contribution in [1.29, 1.82) is 0 Å². The molecule has 0 saturated heterocycles. The summed E-state index contributed by atoms with van der Waals surface area (Å²) in [6.45, 7) is 0. The van der Waals surface area contributed by atoms with Gasteiger partial charge in [0.15, 0.2) is 0 Å². The van der Waals surface area contributed by atoms with E-state index in [1.54, 1.807) is 18.4 Å². The Bertz CT molecular complexity index is 814. The normalized spacial score (nSPS) is 10.5. The third kappa shape index (κ3) is 2.80. The van der Waals surface area contributed by atoms with Crippen LogP contribution in [0, 0.1) is 10.1 Å². The number of hydrogen-bond donors (Lipinski definition) is 2. The standard InChI is InChI=1S/C15H13N3O2S/c1-16-12-7-13(9-14(8-12)18(19)20)17-11-2-3-15-10(6-11)4-5-21-15/h2-9,16-17H,1H3. The Labute approximate surface area is 125 Å². The number of non-ortho nitro benzene ring substituents is 1. The highest BCUT2D eigenvalue weighted by Gasteiger charge is 2.09. The van der Waals surface area contributed by atoms with Crippen molar-refractivity contribution < 1.29 is 4.92 Å². The summed E-state index contributed by atoms with van der Waals surface area (Å²) >= 11 is 1.69. The van der Waals surface area contributed by atoms with Crippen LogP contribution in [0.1, 0.15) is 0 Å². The van der Waals surface area contributed by atoms with Gasteiger partial charge in [-0.15, -0.1) is 11.3 Å². The SMILES string of the molecule is CNc1cc(Nc2ccc3sccc3c2)cc([N+](=O)[O-])c1. The molecule has 1 heterocycles. The van der Waals surface area contributed by atoms with E-state index in [0.717, 1.165) is 11.1 Å². The number of nitrogens with one attached hydrogen (secondary N) is 2. The lowest BCUT2D eigenvalue weighted by Crippen LogP contribution is -1.96. The molecule has 0 unspecified atom stereocenters. The molecule has 5 nitrogen and oxygen atoms in total. The number of rotatable bonds is 4. The molecule has 0 atom stereocenters. The van der Waals surface area contributed by atoms with E-state index in [1.807, 2.05) is 29.6 Å². The summed E-state index contributed by atoms with van der Waals surface area (Å²) < 4.78 is 1.22. The zero-order valence-corrected chi connectivity index (χ0v) is 12.1. The van der Waals surface area contributed by atoms with Crippen LogP contribution in [0.3, 0.4) is 0 Å². The number of fused-ring (bicyclic) bond motifs is 1. The van der Waals surface area contributed by atoms with Crippen LogP contribution in [-0.4, -0.2) is 12.0 Å². The van der Waals surface area contributed by atoms with E-state index in [9.17, 15) is 10.1 Å². The van der Waals surface area contributed by atoms with E-state index >= 15 is 0 Å². The Morgan fingerprint density at radius 2 is 1.86 bits per heavy atom. The molecule has 6 heteroatoms. The van der Waals surface area contributed by atoms with Crippen LogP contribution in [0.5, 0.6) is 0 Å². The van der Waals surface area contributed by atoms with Gasteiger partial charge in [-0.2, -0.15) is 0 Å². The monoisotopic (exact) mass is 299 g/mol. The van der Waals surface area contributed by atoms with Gasteiger partial charge in [-0.3, -0.25) is 10.1 Å². The van der Waals surface area contributed by atoms with Crippen LogP contribution in [-0.2, 0) is 0 Å². The molecule has 0 radical (unpaired) electrons. The molecule has 3 aromatic rings. The van der Waals surface area contributed by atoms with Crippen molar-refractivity contribution in [2.75, 3.05) is 17.7 Å². The van der Waals surface area contributed by atoms with Gasteiger partial charge in [0.25, 0.3) is 5.69 Å². The second kappa shape index (κ2) is 5.41. The van der Waals surface area contributed by atoms with Crippen LogP contribution >= 0.6 is 11.3 Å². The van der Waals surface area contributed by atoms with Crippen molar-refractivity contribution in [1.82, 2.24) is 0 Å². The number of anilines is 3. The lowest BCUT2D eigenvalue weighted by Gasteiger charge is -2.09. The van der Waals surface area contributed by atoms with E-state index in [2.05, 4.69) is 16.7 Å². The van der Waals surface area contributed by atoms with Crippen molar-refractivity contribution in [3.8, 4) is 0 Å². The first-order chi connectivity index (χ1) is 10.2. The smallest absolute Gasteiger partial charge is 0.273 e. The average Bonchev–Trinajstić information content (AvgIpc) is 2.94. The minimum Gasteiger partial charge on any atom is -0.388 e. The number of nitro groups is 1. The molecule has 2 aromatic carbocycles. The summed E-state index contributed by atoms with van der Waals surface area (Å²) in [5.74, 6) is 0. The van der Waals surface area contributed by atoms with Crippen molar-refractivity contribution >= 4 is 44.2 Å². The van der Waals surface area contributed by atoms with E-state index in [1.165, 1.54) is 16.8 Å². The molecular weight excluding hydrogens is 286 g/mol. The number of thiophene rings is 1. The number of nitro benzene ring substituents is 1. The summed E-state index contributed by atoms with van der Waals surface area (Å²) in [5.41, 5.74) is 2.34. The van der Waals surface area contributed by atoms with Gasteiger partial charge in [-0.1, -0.05) is 0 Å². The van der Waals surface area contributed by atoms with Crippen LogP contribution in [0.15, 0.2) is 47.8 Å². The van der Waals surface area contributed by atoms with E-state index in [4.69, 9.17) is 0 Å². The molecule has 0 bridgehead atoms. The van der Waals surface area contributed by atoms with Gasteiger partial charge < -0.3 is 10.6 Å². The highest BCUT2D eigenvalue weighted by atomic mass is 32.1. The van der Waals surface area contributed by atoms with Crippen LogP contribution < -0.4 is 10.6 Å². The van der Waals surface area contributed by atoms with Crippen molar-refractivity contribution in [3.05, 3.63) is 58.0 Å². The van der Waals surface area contributed by atoms with Crippen molar-refractivity contribution in [2.45, 2.75) is 0 Å². The fourth-order valence-electron chi connectivity index (χ4n) is 2.14. The molecule has 0 amide bonds. The number of hydrogen-bond acceptors (Lipinski definition) is 5. The fraction of sp³-hybridized carbons (Fsp3) is 0.0667. The molecule has 21 heavy (non-hydrogen) atoms. The summed E-state index contributed by atoms with van der Waals surface area (Å²) in [4.78, 5) is 10.6. The second-order valence-corrected chi connectivity index (χ2v) is 5.52. The van der Waals surface area contributed by atoms with Gasteiger partial charge in [-0.25, -0.2) is 0 Å². The molecule has 0 aliphatic carbocycles. The molecular formula is C15H13N3O2S. The first kappa shape index (κ1) is 13.4. The van der Waals surface area contributed by atoms with Gasteiger partial charge in [0.2, 0.25) is 0 Å². The van der Waals surface area contributed by atoms with Crippen LogP contribution in [0.4, 0.5) is 22.7 Å². The maximum Gasteiger partial charge on any atom is 0.273 e. The first-order valence-electron chi connectivity index (χ1n) is 6.37. The Hall–Kier alpha value is -2.60. The van der Waals surface area contributed by atoms with E-state index < -0.39 is 4.92 Å². The Morgan fingerprint density at radius 3 is 2.62 bits per heavy atom. The molecule has 0 fully saturated rings. The minimum atomic E-state index is -0.395. The first-order valence-corrected chi connectivity index (χ1v) is 7.25. The van der Waals surface area contributed by atoms with Crippen LogP contribution in [0.25, 0.3) is 10.1 Å². The maximum atomic E-state index is 11.0. The lowest BCUT2D eigenvalue weighted by atomic mass is 10.2. The van der Waals surface area contributed by atoms with E-state index in [0.29, 0.717) is 11.4 Å². The zero-order valence-electron chi connectivity index (χ0n) is 11.3. The molecule has 3 rings (SSSR count). The third-order valence-electron chi connectivity index (χ3n) is 3.16. The third-order valence-corrected chi connectivity index (χ3v) is 4.06. The highest BCUT2D eigenvalue weighted by molar-refractivity contribution is 7.17. The predicted octanol–water partition coefficient (Wildman–Crippen LogP) is 4.59. The fourth-order valence-corrected chi connectivity index (χ4v) is 2.92. The molecule has 1 aromatic heterocycles. The van der Waals surface area contributed by atoms with Gasteiger partial charge in [-0.05, 0) is 41.1 Å². The van der Waals surface area contributed by atoms with Gasteiger partial charge >= 0.3 is 0 Å². The van der Waals surface area contributed by atoms with Gasteiger partial charge in [0.05, 0.1) is 4.92 Å². The Kier molecular flexibility index (Phi) is 3.45. The van der Waals surface area contributed by atoms with Gasteiger partial charge in [0.1, 0.15) is 0 Å². The molecule has 0 spiro atoms. The topological polar surface area (TPSA) is 67.2 Å². The average molecular weight is 299 g/mol. The minimum absolute atomic E-state index is 0.0564. The lowest BCUT2D eigenvalue weighted by molar-refractivity contribution is -0.384. The molecule has 2 N–H and O–H groups in total. The number of benzene rings is 2. The molecule has 106 valence electrons. The predicted molar refractivity (Wildman–Crippen MR) is 87.8 cm³/mol. The zero-order chi connectivity index (χ0) is 14.8. The highest BCUT2D eigenvalue weighted by Crippen LogP contribution is 2.29. The van der Waals surface area contributed by atoms with E-state index in [-0.39, 0.29) is 5.69 Å². The Morgan fingerprint density at radius 1 is 1.05 bits per heavy atom. The second-order valence-electron chi connectivity index (χ2n) is 4.57. The van der Waals surface area contributed by atoms with Crippen molar-refractivity contribution in [2.24, 2.45) is 0 Å². The summed E-state index contributed by atoms with van der Waals surface area (Å²) in [6, 6.07) is 13.0. The van der Waals surface area contributed by atoms with Gasteiger partial charge in [0, 0.05) is 40.9 Å². The largest absolute Gasteiger partial charge is 0.388 e.